The minimum atomic E-state index is -1.45. The van der Waals surface area contributed by atoms with Crippen molar-refractivity contribution in [3.8, 4) is 0 Å². The van der Waals surface area contributed by atoms with Gasteiger partial charge in [0.05, 0.1) is 0 Å². The number of nitrogens with one attached hydrogen (secondary N) is 1. The van der Waals surface area contributed by atoms with Gasteiger partial charge >= 0.3 is 5.97 Å². The molecule has 1 N–H and O–H groups in total. The van der Waals surface area contributed by atoms with Crippen molar-refractivity contribution in [1.29, 1.82) is 0 Å². The van der Waals surface area contributed by atoms with Gasteiger partial charge in [0, 0.05) is 10.5 Å². The van der Waals surface area contributed by atoms with Gasteiger partial charge in [-0.15, -0.1) is 23.4 Å². The Balaban J connectivity index is 1.68. The number of halogens is 1. The molecule has 178 valence electrons. The number of hydrogen-bond donors (Lipinski definition) is 1. The Morgan fingerprint density at radius 3 is 2.26 bits per heavy atom. The summed E-state index contributed by atoms with van der Waals surface area (Å²) in [4.78, 5) is 54.3. The van der Waals surface area contributed by atoms with Crippen LogP contribution in [0.3, 0.4) is 0 Å². The molecule has 2 aromatic carbocycles. The van der Waals surface area contributed by atoms with Crippen molar-refractivity contribution in [2.45, 2.75) is 23.6 Å². The number of esters is 1. The molecule has 0 saturated carbocycles. The Kier molecular flexibility index (Phi) is 7.40. The Hall–Kier alpha value is -3.79. The first-order valence-electron chi connectivity index (χ1n) is 10.4. The van der Waals surface area contributed by atoms with Gasteiger partial charge in [-0.05, 0) is 27.2 Å². The maximum absolute atomic E-state index is 13.5. The van der Waals surface area contributed by atoms with Crippen LogP contribution in [0.4, 0.5) is 0 Å². The third-order valence-electron chi connectivity index (χ3n) is 5.47. The number of benzene rings is 2. The quantitative estimate of drug-likeness (QED) is 0.151. The smallest absolute Gasteiger partial charge is 0.334 e. The predicted octanol–water partition coefficient (Wildman–Crippen LogP) is 3.05. The molecule has 35 heavy (non-hydrogen) atoms. The van der Waals surface area contributed by atoms with Crippen LogP contribution in [0.1, 0.15) is 17.2 Å². The van der Waals surface area contributed by atoms with Crippen molar-refractivity contribution in [2.75, 3.05) is 5.88 Å². The zero-order chi connectivity index (χ0) is 24.9. The van der Waals surface area contributed by atoms with Crippen LogP contribution >= 0.6 is 23.4 Å². The van der Waals surface area contributed by atoms with Gasteiger partial charge in [0.25, 0.3) is 0 Å². The highest BCUT2D eigenvalue weighted by molar-refractivity contribution is 8.03. The first-order chi connectivity index (χ1) is 17.0. The summed E-state index contributed by atoms with van der Waals surface area (Å²) in [5.74, 6) is -3.34. The van der Waals surface area contributed by atoms with Crippen molar-refractivity contribution in [2.24, 2.45) is 5.11 Å². The van der Waals surface area contributed by atoms with E-state index in [2.05, 4.69) is 15.3 Å². The minimum absolute atomic E-state index is 0.190. The Labute approximate surface area is 208 Å². The van der Waals surface area contributed by atoms with Crippen LogP contribution < -0.4 is 5.32 Å². The van der Waals surface area contributed by atoms with E-state index in [1.807, 2.05) is 12.1 Å². The summed E-state index contributed by atoms with van der Waals surface area (Å²) in [5, 5.41) is 6.29. The molecule has 2 heterocycles. The second-order valence-corrected chi connectivity index (χ2v) is 8.82. The lowest BCUT2D eigenvalue weighted by Gasteiger charge is -2.51. The van der Waals surface area contributed by atoms with E-state index in [9.17, 15) is 19.2 Å². The second-order valence-electron chi connectivity index (χ2n) is 7.56. The van der Waals surface area contributed by atoms with E-state index in [-0.39, 0.29) is 11.5 Å². The summed E-state index contributed by atoms with van der Waals surface area (Å²) in [6.45, 7) is 0. The highest BCUT2D eigenvalue weighted by atomic mass is 35.5. The predicted molar refractivity (Wildman–Crippen MR) is 128 cm³/mol. The maximum atomic E-state index is 13.5. The van der Waals surface area contributed by atoms with E-state index < -0.39 is 47.3 Å². The summed E-state index contributed by atoms with van der Waals surface area (Å²) >= 11 is 6.58. The number of rotatable bonds is 7. The fourth-order valence-electron chi connectivity index (χ4n) is 3.88. The molecular weight excluding hydrogens is 494 g/mol. The van der Waals surface area contributed by atoms with E-state index in [4.69, 9.17) is 21.9 Å². The molecule has 3 atom stereocenters. The number of alkyl halides is 1. The number of hydrogen-bond acceptors (Lipinski definition) is 6. The molecule has 0 bridgehead atoms. The first kappa shape index (κ1) is 24.3. The number of azide groups is 1. The largest absolute Gasteiger partial charge is 0.451 e. The average Bonchev–Trinajstić information content (AvgIpc) is 2.90. The van der Waals surface area contributed by atoms with Crippen molar-refractivity contribution >= 4 is 47.1 Å². The lowest BCUT2D eigenvalue weighted by atomic mass is 9.97. The molecule has 0 aromatic heterocycles. The van der Waals surface area contributed by atoms with E-state index in [0.717, 1.165) is 16.7 Å². The highest BCUT2D eigenvalue weighted by Crippen LogP contribution is 2.41. The molecule has 1 saturated heterocycles. The first-order valence-corrected chi connectivity index (χ1v) is 11.9. The summed E-state index contributed by atoms with van der Waals surface area (Å²) < 4.78 is 5.88. The molecule has 4 rings (SSSR count). The van der Waals surface area contributed by atoms with E-state index >= 15 is 0 Å². The number of ether oxygens (including phenoxy) is 1. The van der Waals surface area contributed by atoms with Gasteiger partial charge < -0.3 is 15.0 Å². The number of thioether (sulfide) groups is 1. The molecule has 0 aliphatic carbocycles. The standard InChI is InChI=1S/C23H18ClN5O5S/c24-11-16(30)26-17-21(32)29-18(15(12-35-22(17)29)20(31)27-28-25)23(33)34-19(13-7-3-1-4-8-13)14-9-5-2-6-10-14/h1-10,12,17-19,22H,11H2,(H,26,30)/t17?,18?,22-/m1/s1. The Bertz CT molecular complexity index is 1200. The number of nitrogens with zero attached hydrogens (tertiary/aromatic N) is 4. The SMILES string of the molecule is [N-]=[N+]=NC(=O)C1=CS[C@@H]2C(NC(=O)CCl)C(=O)N2C1C(=O)OC(c1ccccc1)c1ccccc1. The number of carbonyl (C=O) groups is 4. The lowest BCUT2D eigenvalue weighted by Crippen LogP contribution is -2.74. The van der Waals surface area contributed by atoms with Crippen LogP contribution in [0.15, 0.2) is 76.8 Å². The maximum Gasteiger partial charge on any atom is 0.334 e. The van der Waals surface area contributed by atoms with Crippen LogP contribution in [0.25, 0.3) is 10.4 Å². The normalized spacial score (nSPS) is 20.6. The van der Waals surface area contributed by atoms with Crippen LogP contribution in [-0.2, 0) is 23.9 Å². The van der Waals surface area contributed by atoms with Gasteiger partial charge in [-0.2, -0.15) is 0 Å². The summed E-state index contributed by atoms with van der Waals surface area (Å²) in [5.41, 5.74) is 9.91. The third-order valence-corrected chi connectivity index (χ3v) is 6.88. The average molecular weight is 512 g/mol. The van der Waals surface area contributed by atoms with E-state index in [1.165, 1.54) is 5.41 Å². The van der Waals surface area contributed by atoms with Gasteiger partial charge in [0.1, 0.15) is 17.3 Å². The van der Waals surface area contributed by atoms with Crippen molar-refractivity contribution in [1.82, 2.24) is 10.2 Å². The van der Waals surface area contributed by atoms with Gasteiger partial charge in [0.2, 0.25) is 17.7 Å². The highest BCUT2D eigenvalue weighted by Gasteiger charge is 2.57. The third kappa shape index (κ3) is 4.88. The molecule has 12 heteroatoms. The number of fused-ring (bicyclic) bond motifs is 1. The molecule has 1 fully saturated rings. The minimum Gasteiger partial charge on any atom is -0.451 e. The van der Waals surface area contributed by atoms with E-state index in [1.54, 1.807) is 48.5 Å². The van der Waals surface area contributed by atoms with Gasteiger partial charge in [-0.1, -0.05) is 60.7 Å². The van der Waals surface area contributed by atoms with Crippen molar-refractivity contribution in [3.05, 3.63) is 93.2 Å². The van der Waals surface area contributed by atoms with Crippen LogP contribution in [0.5, 0.6) is 0 Å². The molecule has 0 spiro atoms. The molecule has 2 aliphatic rings. The zero-order valence-corrected chi connectivity index (χ0v) is 19.6. The molecule has 0 radical (unpaired) electrons. The van der Waals surface area contributed by atoms with Crippen molar-refractivity contribution < 1.29 is 23.9 Å². The number of amides is 3. The lowest BCUT2D eigenvalue weighted by molar-refractivity contribution is -0.165. The zero-order valence-electron chi connectivity index (χ0n) is 18.0. The molecular formula is C23H18ClN5O5S. The summed E-state index contributed by atoms with van der Waals surface area (Å²) in [6, 6.07) is 15.6. The van der Waals surface area contributed by atoms with Crippen LogP contribution in [-0.4, -0.2) is 51.9 Å². The molecule has 2 aromatic rings. The van der Waals surface area contributed by atoms with Gasteiger partial charge in [0.15, 0.2) is 12.1 Å². The molecule has 10 nitrogen and oxygen atoms in total. The topological polar surface area (TPSA) is 142 Å². The van der Waals surface area contributed by atoms with E-state index in [0.29, 0.717) is 11.1 Å². The molecule has 2 unspecified atom stereocenters. The fraction of sp³-hybridized carbons (Fsp3) is 0.217. The van der Waals surface area contributed by atoms with Gasteiger partial charge in [-0.25, -0.2) is 4.79 Å². The number of β-lactam (4-membered cyclic amide) rings is 1. The monoisotopic (exact) mass is 511 g/mol. The van der Waals surface area contributed by atoms with Gasteiger partial charge in [-0.3, -0.25) is 14.4 Å². The Morgan fingerprint density at radius 2 is 1.71 bits per heavy atom. The Morgan fingerprint density at radius 1 is 1.11 bits per heavy atom. The second kappa shape index (κ2) is 10.6. The molecule has 2 aliphatic heterocycles. The van der Waals surface area contributed by atoms with Crippen LogP contribution in [0, 0.1) is 0 Å². The fourth-order valence-corrected chi connectivity index (χ4v) is 5.17. The molecule has 3 amide bonds. The summed E-state index contributed by atoms with van der Waals surface area (Å²) in [6.07, 6.45) is -0.822. The van der Waals surface area contributed by atoms with Crippen molar-refractivity contribution in [3.63, 3.8) is 0 Å². The van der Waals surface area contributed by atoms with Crippen LogP contribution in [0.2, 0.25) is 0 Å². The number of carbonyl (C=O) groups excluding carboxylic acids is 4. The summed E-state index contributed by atoms with van der Waals surface area (Å²) in [7, 11) is 0.